The third-order valence-electron chi connectivity index (χ3n) is 4.21. The third kappa shape index (κ3) is 3.21. The molecular weight excluding hydrogens is 327 g/mol. The first-order chi connectivity index (χ1) is 12.1. The van der Waals surface area contributed by atoms with E-state index in [1.54, 1.807) is 19.1 Å². The minimum absolute atomic E-state index is 0.177. The van der Waals surface area contributed by atoms with Gasteiger partial charge in [0.05, 0.1) is 6.04 Å². The van der Waals surface area contributed by atoms with Crippen LogP contribution in [0.15, 0.2) is 27.5 Å². The largest absolute Gasteiger partial charge is 0.363 e. The van der Waals surface area contributed by atoms with Crippen molar-refractivity contribution in [1.82, 2.24) is 29.9 Å². The molecule has 0 spiro atoms. The van der Waals surface area contributed by atoms with Gasteiger partial charge in [0, 0.05) is 18.5 Å². The maximum atomic E-state index is 13.6. The maximum Gasteiger partial charge on any atom is 0.363 e. The molecule has 8 nitrogen and oxygen atoms in total. The van der Waals surface area contributed by atoms with Crippen molar-refractivity contribution >= 4 is 0 Å². The van der Waals surface area contributed by atoms with Crippen LogP contribution in [0.3, 0.4) is 0 Å². The number of nitrogens with zero attached hydrogens (tertiary/aromatic N) is 6. The number of tetrazole rings is 1. The Morgan fingerprint density at radius 1 is 1.32 bits per heavy atom. The molecule has 4 rings (SSSR count). The van der Waals surface area contributed by atoms with Crippen LogP contribution < -0.4 is 5.69 Å². The van der Waals surface area contributed by atoms with E-state index in [2.05, 4.69) is 20.6 Å². The van der Waals surface area contributed by atoms with Crippen molar-refractivity contribution in [2.75, 3.05) is 0 Å². The predicted octanol–water partition coefficient (Wildman–Crippen LogP) is 1.91. The molecule has 0 radical (unpaired) electrons. The first kappa shape index (κ1) is 15.7. The van der Waals surface area contributed by atoms with Crippen molar-refractivity contribution in [1.29, 1.82) is 0 Å². The minimum Gasteiger partial charge on any atom is -0.339 e. The van der Waals surface area contributed by atoms with E-state index in [9.17, 15) is 9.18 Å². The smallest absolute Gasteiger partial charge is 0.339 e. The normalized spacial score (nSPS) is 14.2. The molecule has 0 saturated heterocycles. The van der Waals surface area contributed by atoms with E-state index in [1.165, 1.54) is 15.4 Å². The number of rotatable bonds is 6. The zero-order valence-corrected chi connectivity index (χ0v) is 13.7. The van der Waals surface area contributed by atoms with E-state index in [1.807, 2.05) is 0 Å². The zero-order chi connectivity index (χ0) is 17.4. The molecule has 2 heterocycles. The van der Waals surface area contributed by atoms with Crippen molar-refractivity contribution < 1.29 is 8.91 Å². The third-order valence-corrected chi connectivity index (χ3v) is 4.21. The Morgan fingerprint density at radius 2 is 2.16 bits per heavy atom. The van der Waals surface area contributed by atoms with Crippen molar-refractivity contribution in [3.8, 4) is 11.4 Å². The van der Waals surface area contributed by atoms with Gasteiger partial charge in [-0.05, 0) is 48.2 Å². The van der Waals surface area contributed by atoms with Gasteiger partial charge in [0.15, 0.2) is 0 Å². The summed E-state index contributed by atoms with van der Waals surface area (Å²) in [4.78, 5) is 16.3. The molecule has 130 valence electrons. The van der Waals surface area contributed by atoms with Crippen LogP contribution in [0, 0.1) is 12.7 Å². The summed E-state index contributed by atoms with van der Waals surface area (Å²) in [5.41, 5.74) is 0.961. The second-order valence-electron chi connectivity index (χ2n) is 6.24. The van der Waals surface area contributed by atoms with Crippen LogP contribution >= 0.6 is 0 Å². The van der Waals surface area contributed by atoms with E-state index in [0.29, 0.717) is 42.2 Å². The molecule has 1 fully saturated rings. The molecular formula is C16H17FN6O2. The molecule has 1 aliphatic carbocycles. The van der Waals surface area contributed by atoms with Crippen LogP contribution in [-0.4, -0.2) is 29.9 Å². The first-order valence-electron chi connectivity index (χ1n) is 8.23. The van der Waals surface area contributed by atoms with Crippen LogP contribution in [0.2, 0.25) is 0 Å². The second-order valence-corrected chi connectivity index (χ2v) is 6.24. The molecule has 25 heavy (non-hydrogen) atoms. The number of hydrogen-bond acceptors (Lipinski definition) is 6. The van der Waals surface area contributed by atoms with Gasteiger partial charge < -0.3 is 4.52 Å². The lowest BCUT2D eigenvalue weighted by molar-refractivity contribution is 0.370. The summed E-state index contributed by atoms with van der Waals surface area (Å²) in [5, 5.41) is 11.7. The Kier molecular flexibility index (Phi) is 3.90. The Morgan fingerprint density at radius 3 is 2.92 bits per heavy atom. The van der Waals surface area contributed by atoms with Gasteiger partial charge in [0.2, 0.25) is 11.7 Å². The van der Waals surface area contributed by atoms with Crippen molar-refractivity contribution in [2.24, 2.45) is 0 Å². The molecule has 3 aromatic rings. The average Bonchev–Trinajstić information content (AvgIpc) is 3.22. The molecule has 1 saturated carbocycles. The van der Waals surface area contributed by atoms with Gasteiger partial charge in [-0.1, -0.05) is 17.3 Å². The molecule has 2 aromatic heterocycles. The van der Waals surface area contributed by atoms with E-state index in [-0.39, 0.29) is 17.5 Å². The SMILES string of the molecule is Cc1ccc(-c2noc(CCCn3nnn(C4CC4)c3=O)n2)cc1F. The highest BCUT2D eigenvalue weighted by Crippen LogP contribution is 2.32. The zero-order valence-electron chi connectivity index (χ0n) is 13.7. The van der Waals surface area contributed by atoms with E-state index in [4.69, 9.17) is 4.52 Å². The molecule has 1 aliphatic rings. The lowest BCUT2D eigenvalue weighted by Crippen LogP contribution is -2.25. The van der Waals surface area contributed by atoms with Gasteiger partial charge in [0.25, 0.3) is 0 Å². The summed E-state index contributed by atoms with van der Waals surface area (Å²) in [6, 6.07) is 5.04. The van der Waals surface area contributed by atoms with Gasteiger partial charge in [-0.2, -0.15) is 14.3 Å². The van der Waals surface area contributed by atoms with E-state index < -0.39 is 0 Å². The summed E-state index contributed by atoms with van der Waals surface area (Å²) in [6.45, 7) is 2.13. The highest BCUT2D eigenvalue weighted by molar-refractivity contribution is 5.54. The van der Waals surface area contributed by atoms with E-state index >= 15 is 0 Å². The van der Waals surface area contributed by atoms with Gasteiger partial charge in [-0.25, -0.2) is 9.18 Å². The van der Waals surface area contributed by atoms with Gasteiger partial charge in [-0.3, -0.25) is 0 Å². The molecule has 0 atom stereocenters. The summed E-state index contributed by atoms with van der Waals surface area (Å²) in [7, 11) is 0. The standard InChI is InChI=1S/C16H17FN6O2/c1-10-4-5-11(9-13(10)17)15-18-14(25-19-15)3-2-8-22-16(24)23(21-20-22)12-6-7-12/h4-5,9,12H,2-3,6-8H2,1H3. The lowest BCUT2D eigenvalue weighted by atomic mass is 10.1. The van der Waals surface area contributed by atoms with Gasteiger partial charge in [-0.15, -0.1) is 0 Å². The second kappa shape index (κ2) is 6.23. The molecule has 0 unspecified atom stereocenters. The highest BCUT2D eigenvalue weighted by Gasteiger charge is 2.27. The number of halogens is 1. The Balaban J connectivity index is 1.38. The van der Waals surface area contributed by atoms with Crippen molar-refractivity contribution in [3.63, 3.8) is 0 Å². The average molecular weight is 344 g/mol. The molecule has 0 bridgehead atoms. The molecule has 0 aliphatic heterocycles. The minimum atomic E-state index is -0.304. The Hall–Kier alpha value is -2.84. The molecule has 9 heteroatoms. The Bertz CT molecular complexity index is 956. The van der Waals surface area contributed by atoms with Crippen LogP contribution in [-0.2, 0) is 13.0 Å². The van der Waals surface area contributed by atoms with Crippen molar-refractivity contribution in [2.45, 2.75) is 45.2 Å². The summed E-state index contributed by atoms with van der Waals surface area (Å²) in [5.74, 6) is 0.492. The first-order valence-corrected chi connectivity index (χ1v) is 8.23. The van der Waals surface area contributed by atoms with Gasteiger partial charge >= 0.3 is 5.69 Å². The topological polar surface area (TPSA) is 91.6 Å². The number of hydrogen-bond donors (Lipinski definition) is 0. The quantitative estimate of drug-likeness (QED) is 0.678. The number of aromatic nitrogens is 6. The molecule has 1 aromatic carbocycles. The number of benzene rings is 1. The van der Waals surface area contributed by atoms with Crippen LogP contribution in [0.5, 0.6) is 0 Å². The van der Waals surface area contributed by atoms with Gasteiger partial charge in [0.1, 0.15) is 5.82 Å². The number of aryl methyl sites for hydroxylation is 3. The lowest BCUT2D eigenvalue weighted by Gasteiger charge is -1.98. The highest BCUT2D eigenvalue weighted by atomic mass is 19.1. The van der Waals surface area contributed by atoms with Crippen molar-refractivity contribution in [3.05, 3.63) is 46.0 Å². The maximum absolute atomic E-state index is 13.6. The monoisotopic (exact) mass is 344 g/mol. The fourth-order valence-electron chi connectivity index (χ4n) is 2.56. The predicted molar refractivity (Wildman–Crippen MR) is 85.3 cm³/mol. The van der Waals surface area contributed by atoms with E-state index in [0.717, 1.165) is 12.8 Å². The summed E-state index contributed by atoms with van der Waals surface area (Å²) in [6.07, 6.45) is 3.10. The molecule has 0 amide bonds. The summed E-state index contributed by atoms with van der Waals surface area (Å²) >= 11 is 0. The van der Waals surface area contributed by atoms with Crippen LogP contribution in [0.4, 0.5) is 4.39 Å². The Labute approximate surface area is 142 Å². The van der Waals surface area contributed by atoms with Crippen LogP contribution in [0.1, 0.15) is 36.8 Å². The fourth-order valence-corrected chi connectivity index (χ4v) is 2.56. The summed E-state index contributed by atoms with van der Waals surface area (Å²) < 4.78 is 21.6. The fraction of sp³-hybridized carbons (Fsp3) is 0.438. The van der Waals surface area contributed by atoms with Crippen LogP contribution in [0.25, 0.3) is 11.4 Å². The molecule has 0 N–H and O–H groups in total.